The molecule has 2 aromatic heterocycles. The fourth-order valence-electron chi connectivity index (χ4n) is 1.46. The minimum absolute atomic E-state index is 0.427. The van der Waals surface area contributed by atoms with Crippen LogP contribution in [-0.2, 0) is 4.74 Å². The zero-order valence-corrected chi connectivity index (χ0v) is 9.90. The van der Waals surface area contributed by atoms with Gasteiger partial charge >= 0.3 is 6.09 Å². The highest BCUT2D eigenvalue weighted by Gasteiger charge is 2.19. The van der Waals surface area contributed by atoms with Crippen molar-refractivity contribution >= 4 is 17.1 Å². The average Bonchev–Trinajstić information content (AvgIpc) is 2.57. The molecule has 0 N–H and O–H groups in total. The summed E-state index contributed by atoms with van der Waals surface area (Å²) < 4.78 is 19.4. The minimum Gasteiger partial charge on any atom is -0.443 e. The minimum atomic E-state index is -0.570. The molecule has 2 rings (SSSR count). The standard InChI is InChI=1S/C12H13FN2O2/c1-12(2,3)17-11(16)15-7-6-8-9(15)4-5-10(13)14-8/h4-7H,1-3H3. The first-order valence-corrected chi connectivity index (χ1v) is 5.24. The first-order valence-electron chi connectivity index (χ1n) is 5.24. The predicted octanol–water partition coefficient (Wildman–Crippen LogP) is 2.96. The van der Waals surface area contributed by atoms with Crippen LogP contribution in [0.5, 0.6) is 0 Å². The summed E-state index contributed by atoms with van der Waals surface area (Å²) in [6.45, 7) is 5.36. The highest BCUT2D eigenvalue weighted by molar-refractivity contribution is 5.87. The van der Waals surface area contributed by atoms with Crippen LogP contribution in [0.1, 0.15) is 20.8 Å². The molecule has 4 nitrogen and oxygen atoms in total. The van der Waals surface area contributed by atoms with Crippen molar-refractivity contribution in [3.8, 4) is 0 Å². The molecular weight excluding hydrogens is 223 g/mol. The second-order valence-corrected chi connectivity index (χ2v) is 4.70. The van der Waals surface area contributed by atoms with Crippen molar-refractivity contribution in [2.24, 2.45) is 0 Å². The van der Waals surface area contributed by atoms with Crippen LogP contribution in [0.2, 0.25) is 0 Å². The van der Waals surface area contributed by atoms with Crippen molar-refractivity contribution < 1.29 is 13.9 Å². The van der Waals surface area contributed by atoms with E-state index in [0.717, 1.165) is 0 Å². The van der Waals surface area contributed by atoms with Gasteiger partial charge in [0.05, 0.1) is 11.0 Å². The van der Waals surface area contributed by atoms with Crippen LogP contribution >= 0.6 is 0 Å². The van der Waals surface area contributed by atoms with Gasteiger partial charge in [-0.05, 0) is 39.0 Å². The van der Waals surface area contributed by atoms with E-state index < -0.39 is 17.6 Å². The fourth-order valence-corrected chi connectivity index (χ4v) is 1.46. The Morgan fingerprint density at radius 1 is 1.35 bits per heavy atom. The highest BCUT2D eigenvalue weighted by atomic mass is 19.1. The van der Waals surface area contributed by atoms with E-state index in [2.05, 4.69) is 4.98 Å². The zero-order chi connectivity index (χ0) is 12.6. The molecule has 0 saturated heterocycles. The summed E-state index contributed by atoms with van der Waals surface area (Å²) in [6.07, 6.45) is 1.02. The zero-order valence-electron chi connectivity index (χ0n) is 9.90. The van der Waals surface area contributed by atoms with Gasteiger partial charge in [0.1, 0.15) is 5.60 Å². The van der Waals surface area contributed by atoms with Crippen LogP contribution in [0.3, 0.4) is 0 Å². The van der Waals surface area contributed by atoms with Crippen molar-refractivity contribution in [1.29, 1.82) is 0 Å². The smallest absolute Gasteiger partial charge is 0.419 e. The lowest BCUT2D eigenvalue weighted by molar-refractivity contribution is 0.0544. The number of ether oxygens (including phenoxy) is 1. The largest absolute Gasteiger partial charge is 0.443 e. The molecule has 0 spiro atoms. The summed E-state index contributed by atoms with van der Waals surface area (Å²) in [6, 6.07) is 4.28. The van der Waals surface area contributed by atoms with Gasteiger partial charge in [-0.2, -0.15) is 4.39 Å². The number of nitrogens with zero attached hydrogens (tertiary/aromatic N) is 2. The van der Waals surface area contributed by atoms with Crippen LogP contribution in [-0.4, -0.2) is 21.2 Å². The van der Waals surface area contributed by atoms with Crippen LogP contribution in [0, 0.1) is 5.95 Å². The lowest BCUT2D eigenvalue weighted by atomic mass is 10.2. The van der Waals surface area contributed by atoms with E-state index in [9.17, 15) is 9.18 Å². The van der Waals surface area contributed by atoms with Crippen molar-refractivity contribution in [3.63, 3.8) is 0 Å². The van der Waals surface area contributed by atoms with Gasteiger partial charge in [-0.25, -0.2) is 9.78 Å². The van der Waals surface area contributed by atoms with E-state index in [1.807, 2.05) is 0 Å². The van der Waals surface area contributed by atoms with Crippen molar-refractivity contribution in [1.82, 2.24) is 9.55 Å². The van der Waals surface area contributed by atoms with E-state index in [4.69, 9.17) is 4.74 Å². The lowest BCUT2D eigenvalue weighted by Gasteiger charge is -2.19. The molecule has 0 aliphatic rings. The van der Waals surface area contributed by atoms with Gasteiger partial charge in [0, 0.05) is 6.20 Å². The van der Waals surface area contributed by atoms with E-state index >= 15 is 0 Å². The maximum Gasteiger partial charge on any atom is 0.419 e. The van der Waals surface area contributed by atoms with E-state index in [1.165, 1.54) is 22.9 Å². The van der Waals surface area contributed by atoms with Crippen molar-refractivity contribution in [2.75, 3.05) is 0 Å². The number of halogens is 1. The Bertz CT molecular complexity index is 569. The van der Waals surface area contributed by atoms with Gasteiger partial charge < -0.3 is 4.74 Å². The third-order valence-electron chi connectivity index (χ3n) is 2.10. The number of rotatable bonds is 0. The molecule has 2 aromatic rings. The van der Waals surface area contributed by atoms with Gasteiger partial charge in [-0.3, -0.25) is 4.57 Å². The lowest BCUT2D eigenvalue weighted by Crippen LogP contribution is -2.26. The first-order chi connectivity index (χ1) is 7.87. The Hall–Kier alpha value is -1.91. The number of hydrogen-bond acceptors (Lipinski definition) is 3. The number of carbonyl (C=O) groups excluding carboxylic acids is 1. The molecule has 0 aliphatic heterocycles. The molecule has 17 heavy (non-hydrogen) atoms. The van der Waals surface area contributed by atoms with Crippen molar-refractivity contribution in [2.45, 2.75) is 26.4 Å². The summed E-state index contributed by atoms with van der Waals surface area (Å²) in [5, 5.41) is 0. The SMILES string of the molecule is CC(C)(C)OC(=O)n1ccc2nc(F)ccc21. The summed E-state index contributed by atoms with van der Waals surface area (Å²) in [5.74, 6) is -0.570. The molecular formula is C12H13FN2O2. The summed E-state index contributed by atoms with van der Waals surface area (Å²) in [4.78, 5) is 15.5. The molecule has 90 valence electrons. The first kappa shape index (κ1) is 11.6. The molecule has 0 amide bonds. The van der Waals surface area contributed by atoms with Gasteiger partial charge in [0.15, 0.2) is 0 Å². The Morgan fingerprint density at radius 2 is 2.06 bits per heavy atom. The summed E-state index contributed by atoms with van der Waals surface area (Å²) >= 11 is 0. The number of pyridine rings is 1. The fraction of sp³-hybridized carbons (Fsp3) is 0.333. The maximum atomic E-state index is 12.9. The van der Waals surface area contributed by atoms with E-state index in [0.29, 0.717) is 11.0 Å². The molecule has 0 aromatic carbocycles. The molecule has 0 unspecified atom stereocenters. The van der Waals surface area contributed by atoms with Gasteiger partial charge in [-0.15, -0.1) is 0 Å². The molecule has 0 saturated carbocycles. The van der Waals surface area contributed by atoms with Crippen LogP contribution < -0.4 is 0 Å². The van der Waals surface area contributed by atoms with E-state index in [-0.39, 0.29) is 0 Å². The Morgan fingerprint density at radius 3 is 2.71 bits per heavy atom. The van der Waals surface area contributed by atoms with Crippen LogP contribution in [0.25, 0.3) is 11.0 Å². The van der Waals surface area contributed by atoms with Crippen LogP contribution in [0.15, 0.2) is 24.4 Å². The number of carbonyl (C=O) groups is 1. The van der Waals surface area contributed by atoms with Gasteiger partial charge in [-0.1, -0.05) is 0 Å². The topological polar surface area (TPSA) is 44.1 Å². The molecule has 0 fully saturated rings. The highest BCUT2D eigenvalue weighted by Crippen LogP contribution is 2.16. The monoisotopic (exact) mass is 236 g/mol. The molecule has 0 atom stereocenters. The second-order valence-electron chi connectivity index (χ2n) is 4.70. The quantitative estimate of drug-likeness (QED) is 0.660. The van der Waals surface area contributed by atoms with Gasteiger partial charge in [0.2, 0.25) is 5.95 Å². The predicted molar refractivity (Wildman–Crippen MR) is 61.3 cm³/mol. The second kappa shape index (κ2) is 3.84. The van der Waals surface area contributed by atoms with Crippen molar-refractivity contribution in [3.05, 3.63) is 30.3 Å². The average molecular weight is 236 g/mol. The third kappa shape index (κ3) is 2.43. The molecule has 0 radical (unpaired) electrons. The number of fused-ring (bicyclic) bond motifs is 1. The Balaban J connectivity index is 2.40. The maximum absolute atomic E-state index is 12.9. The summed E-state index contributed by atoms with van der Waals surface area (Å²) in [7, 11) is 0. The number of aromatic nitrogens is 2. The molecule has 5 heteroatoms. The van der Waals surface area contributed by atoms with Gasteiger partial charge in [0.25, 0.3) is 0 Å². The normalized spacial score (nSPS) is 11.8. The molecule has 0 aliphatic carbocycles. The molecule has 2 heterocycles. The molecule has 0 bridgehead atoms. The Labute approximate surface area is 98.0 Å². The Kier molecular flexibility index (Phi) is 2.61. The van der Waals surface area contributed by atoms with Crippen LogP contribution in [0.4, 0.5) is 9.18 Å². The third-order valence-corrected chi connectivity index (χ3v) is 2.10. The number of hydrogen-bond donors (Lipinski definition) is 0. The summed E-state index contributed by atoms with van der Waals surface area (Å²) in [5.41, 5.74) is 0.387. The van der Waals surface area contributed by atoms with E-state index in [1.54, 1.807) is 26.8 Å².